The maximum Gasteiger partial charge on any atom is 0.472 e. The average Bonchev–Trinajstić information content (AvgIpc) is 3.53. The van der Waals surface area contributed by atoms with Gasteiger partial charge in [-0.25, -0.2) is 9.13 Å². The standard InChI is InChI=1S/C68H132O17P2/c1-5-9-13-17-21-25-29-33-37-41-45-49-53-66(71)79-59-64(85-68(73)55-51-47-43-39-35-31-27-23-19-15-11-7-3)61-83-87(76,77)81-57-62(69)56-80-86(74,75)82-60-63(58-78-65(70)52-48-44-40-36-32-28-24-20-16-12-8-4)84-67(72)54-50-46-42-38-34-30-26-22-18-14-10-6-2/h62-64,69H,5-61H2,1-4H3,(H,74,75)(H,76,77)/t62?,63-,64-/m1/s1. The van der Waals surface area contributed by atoms with Crippen molar-refractivity contribution in [3.8, 4) is 0 Å². The summed E-state index contributed by atoms with van der Waals surface area (Å²) >= 11 is 0. The molecule has 17 nitrogen and oxygen atoms in total. The summed E-state index contributed by atoms with van der Waals surface area (Å²) in [7, 11) is -9.89. The van der Waals surface area contributed by atoms with Gasteiger partial charge in [0.1, 0.15) is 19.3 Å². The molecular formula is C68H132O17P2. The smallest absolute Gasteiger partial charge is 0.462 e. The summed E-state index contributed by atoms with van der Waals surface area (Å²) in [6.07, 6.45) is 49.7. The van der Waals surface area contributed by atoms with Gasteiger partial charge in [-0.1, -0.05) is 304 Å². The minimum atomic E-state index is -4.95. The number of phosphoric acid groups is 2. The third-order valence-electron chi connectivity index (χ3n) is 15.9. The number of hydrogen-bond donors (Lipinski definition) is 3. The van der Waals surface area contributed by atoms with Crippen LogP contribution in [0.15, 0.2) is 0 Å². The summed E-state index contributed by atoms with van der Waals surface area (Å²) in [4.78, 5) is 72.4. The van der Waals surface area contributed by atoms with Gasteiger partial charge >= 0.3 is 39.5 Å². The molecule has 0 aliphatic rings. The number of aliphatic hydroxyl groups is 1. The van der Waals surface area contributed by atoms with E-state index in [9.17, 15) is 43.2 Å². The van der Waals surface area contributed by atoms with Crippen molar-refractivity contribution < 1.29 is 80.2 Å². The number of carbonyl (C=O) groups is 4. The summed E-state index contributed by atoms with van der Waals surface area (Å²) in [5.74, 6) is -2.12. The lowest BCUT2D eigenvalue weighted by Gasteiger charge is -2.21. The Morgan fingerprint density at radius 3 is 0.678 bits per heavy atom. The number of aliphatic hydroxyl groups excluding tert-OH is 1. The molecule has 87 heavy (non-hydrogen) atoms. The van der Waals surface area contributed by atoms with Crippen LogP contribution >= 0.6 is 15.6 Å². The van der Waals surface area contributed by atoms with Gasteiger partial charge in [0.15, 0.2) is 12.2 Å². The number of phosphoric ester groups is 2. The largest absolute Gasteiger partial charge is 0.472 e. The van der Waals surface area contributed by atoms with Gasteiger partial charge in [0, 0.05) is 25.7 Å². The van der Waals surface area contributed by atoms with Gasteiger partial charge in [-0.15, -0.1) is 0 Å². The number of esters is 4. The molecule has 0 radical (unpaired) electrons. The van der Waals surface area contributed by atoms with Crippen molar-refractivity contribution in [1.29, 1.82) is 0 Å². The molecule has 0 saturated heterocycles. The fourth-order valence-corrected chi connectivity index (χ4v) is 11.9. The van der Waals surface area contributed by atoms with Gasteiger partial charge < -0.3 is 33.8 Å². The topological polar surface area (TPSA) is 237 Å². The van der Waals surface area contributed by atoms with Crippen LogP contribution in [-0.4, -0.2) is 96.7 Å². The lowest BCUT2D eigenvalue weighted by Crippen LogP contribution is -2.30. The van der Waals surface area contributed by atoms with Gasteiger partial charge in [0.2, 0.25) is 0 Å². The Balaban J connectivity index is 5.24. The number of rotatable bonds is 69. The molecule has 0 aromatic carbocycles. The van der Waals surface area contributed by atoms with E-state index in [1.165, 1.54) is 186 Å². The van der Waals surface area contributed by atoms with E-state index >= 15 is 0 Å². The number of unbranched alkanes of at least 4 members (excludes halogenated alkanes) is 43. The normalized spacial score (nSPS) is 14.1. The van der Waals surface area contributed by atoms with E-state index in [2.05, 4.69) is 27.7 Å². The molecule has 0 bridgehead atoms. The van der Waals surface area contributed by atoms with E-state index in [4.69, 9.17) is 37.0 Å². The second kappa shape index (κ2) is 62.8. The van der Waals surface area contributed by atoms with Crippen LogP contribution in [0.1, 0.15) is 355 Å². The molecule has 0 heterocycles. The van der Waals surface area contributed by atoms with Crippen LogP contribution < -0.4 is 0 Å². The highest BCUT2D eigenvalue weighted by atomic mass is 31.2. The van der Waals surface area contributed by atoms with Crippen LogP contribution in [0.25, 0.3) is 0 Å². The lowest BCUT2D eigenvalue weighted by atomic mass is 10.0. The first kappa shape index (κ1) is 85.1. The zero-order chi connectivity index (χ0) is 64.0. The second-order valence-corrected chi connectivity index (χ2v) is 27.5. The highest BCUT2D eigenvalue weighted by Crippen LogP contribution is 2.45. The Morgan fingerprint density at radius 2 is 0.460 bits per heavy atom. The Hall–Kier alpha value is -1.94. The van der Waals surface area contributed by atoms with Crippen molar-refractivity contribution in [2.75, 3.05) is 39.6 Å². The fraction of sp³-hybridized carbons (Fsp3) is 0.941. The zero-order valence-electron chi connectivity index (χ0n) is 56.0. The molecule has 0 aliphatic carbocycles. The Kier molecular flexibility index (Phi) is 61.4. The zero-order valence-corrected chi connectivity index (χ0v) is 57.8. The maximum absolute atomic E-state index is 13.0. The molecule has 0 amide bonds. The van der Waals surface area contributed by atoms with E-state index in [0.717, 1.165) is 89.9 Å². The van der Waals surface area contributed by atoms with Crippen molar-refractivity contribution in [1.82, 2.24) is 0 Å². The SMILES string of the molecule is CCCCCCCCCCCCCCC(=O)OC[C@H](COP(=O)(O)OCC(O)COP(=O)(O)OC[C@@H](COC(=O)CCCCCCCCCCCCC)OC(=O)CCCCCCCCCCCCCC)OC(=O)CCCCCCCCCCCCCC. The second-order valence-electron chi connectivity index (χ2n) is 24.6. The lowest BCUT2D eigenvalue weighted by molar-refractivity contribution is -0.161. The third kappa shape index (κ3) is 62.6. The Labute approximate surface area is 530 Å². The van der Waals surface area contributed by atoms with Crippen LogP contribution in [0.4, 0.5) is 0 Å². The van der Waals surface area contributed by atoms with Crippen LogP contribution in [0.2, 0.25) is 0 Å². The summed E-state index contributed by atoms with van der Waals surface area (Å²) in [6, 6.07) is 0. The first-order chi connectivity index (χ1) is 42.2. The Bertz CT molecular complexity index is 1670. The van der Waals surface area contributed by atoms with Crippen molar-refractivity contribution in [3.63, 3.8) is 0 Å². The molecule has 3 N–H and O–H groups in total. The molecule has 516 valence electrons. The van der Waals surface area contributed by atoms with Crippen molar-refractivity contribution >= 4 is 39.5 Å². The molecule has 0 rings (SSSR count). The summed E-state index contributed by atoms with van der Waals surface area (Å²) in [6.45, 7) is 4.93. The van der Waals surface area contributed by atoms with Crippen LogP contribution in [-0.2, 0) is 65.4 Å². The van der Waals surface area contributed by atoms with Gasteiger partial charge in [-0.3, -0.25) is 37.3 Å². The minimum absolute atomic E-state index is 0.108. The first-order valence-corrected chi connectivity index (χ1v) is 38.8. The molecule has 0 aromatic rings. The molecule has 0 aromatic heterocycles. The minimum Gasteiger partial charge on any atom is -0.462 e. The Morgan fingerprint density at radius 1 is 0.276 bits per heavy atom. The van der Waals surface area contributed by atoms with Crippen LogP contribution in [0.5, 0.6) is 0 Å². The fourth-order valence-electron chi connectivity index (χ4n) is 10.3. The molecular weight excluding hydrogens is 1150 g/mol. The van der Waals surface area contributed by atoms with Gasteiger partial charge in [-0.05, 0) is 25.7 Å². The maximum atomic E-state index is 13.0. The summed E-state index contributed by atoms with van der Waals surface area (Å²) in [5.41, 5.74) is 0. The predicted molar refractivity (Wildman–Crippen MR) is 349 cm³/mol. The monoisotopic (exact) mass is 1280 g/mol. The van der Waals surface area contributed by atoms with Gasteiger partial charge in [-0.2, -0.15) is 0 Å². The molecule has 0 saturated carbocycles. The number of ether oxygens (including phenoxy) is 4. The number of hydrogen-bond acceptors (Lipinski definition) is 15. The molecule has 3 unspecified atom stereocenters. The van der Waals surface area contributed by atoms with E-state index in [1.54, 1.807) is 0 Å². The molecule has 0 spiro atoms. The highest BCUT2D eigenvalue weighted by Gasteiger charge is 2.30. The van der Waals surface area contributed by atoms with Crippen LogP contribution in [0.3, 0.4) is 0 Å². The molecule has 0 fully saturated rings. The van der Waals surface area contributed by atoms with Gasteiger partial charge in [0.05, 0.1) is 26.4 Å². The molecule has 0 aliphatic heterocycles. The van der Waals surface area contributed by atoms with E-state index in [0.29, 0.717) is 25.7 Å². The molecule has 19 heteroatoms. The average molecular weight is 1280 g/mol. The van der Waals surface area contributed by atoms with Crippen molar-refractivity contribution in [3.05, 3.63) is 0 Å². The predicted octanol–water partition coefficient (Wildman–Crippen LogP) is 19.5. The van der Waals surface area contributed by atoms with Crippen molar-refractivity contribution in [2.45, 2.75) is 373 Å². The third-order valence-corrected chi connectivity index (χ3v) is 17.8. The van der Waals surface area contributed by atoms with E-state index in [-0.39, 0.29) is 25.7 Å². The highest BCUT2D eigenvalue weighted by molar-refractivity contribution is 7.47. The van der Waals surface area contributed by atoms with Crippen molar-refractivity contribution in [2.24, 2.45) is 0 Å². The van der Waals surface area contributed by atoms with Gasteiger partial charge in [0.25, 0.3) is 0 Å². The first-order valence-electron chi connectivity index (χ1n) is 35.8. The van der Waals surface area contributed by atoms with Crippen LogP contribution in [0, 0.1) is 0 Å². The van der Waals surface area contributed by atoms with E-state index in [1.807, 2.05) is 0 Å². The quantitative estimate of drug-likeness (QED) is 0.0222. The summed E-state index contributed by atoms with van der Waals surface area (Å²) < 4.78 is 68.2. The van der Waals surface area contributed by atoms with E-state index < -0.39 is 97.5 Å². The summed E-state index contributed by atoms with van der Waals surface area (Å²) in [5, 5.41) is 10.6. The molecule has 5 atom stereocenters. The number of carbonyl (C=O) groups excluding carboxylic acids is 4.